The molecule has 3 rings (SSSR count). The first-order valence-corrected chi connectivity index (χ1v) is 12.1. The molecule has 1 aliphatic rings. The second-order valence-electron chi connectivity index (χ2n) is 8.16. The lowest BCUT2D eigenvalue weighted by Crippen LogP contribution is -2.48. The van der Waals surface area contributed by atoms with Crippen molar-refractivity contribution in [3.05, 3.63) is 57.3 Å². The lowest BCUT2D eigenvalue weighted by atomic mass is 10.1. The van der Waals surface area contributed by atoms with Crippen molar-refractivity contribution in [2.45, 2.75) is 51.6 Å². The lowest BCUT2D eigenvalue weighted by molar-refractivity contribution is -0.137. The Labute approximate surface area is 198 Å². The van der Waals surface area contributed by atoms with Gasteiger partial charge in [-0.2, -0.15) is 0 Å². The van der Waals surface area contributed by atoms with Gasteiger partial charge >= 0.3 is 0 Å². The number of rotatable bonds is 10. The summed E-state index contributed by atoms with van der Waals surface area (Å²) in [5.41, 5.74) is 7.81. The molecule has 1 aliphatic heterocycles. The molecule has 1 aromatic carbocycles. The first-order chi connectivity index (χ1) is 15.9. The Morgan fingerprint density at radius 2 is 1.94 bits per heavy atom. The Kier molecular flexibility index (Phi) is 8.59. The van der Waals surface area contributed by atoms with Crippen molar-refractivity contribution in [3.63, 3.8) is 0 Å². The van der Waals surface area contributed by atoms with Crippen molar-refractivity contribution in [2.75, 3.05) is 13.1 Å². The van der Waals surface area contributed by atoms with E-state index in [0.29, 0.717) is 30.6 Å². The molecule has 1 atom stereocenters. The van der Waals surface area contributed by atoms with Gasteiger partial charge in [0.25, 0.3) is 5.91 Å². The van der Waals surface area contributed by atoms with Gasteiger partial charge in [0.1, 0.15) is 11.9 Å². The molecule has 0 saturated carbocycles. The topological polar surface area (TPSA) is 128 Å². The standard InChI is InChI=1S/C24H31N5O3S/c1-2-3-5-16-7-9-17(10-8-16)23(31)28-14-21(30)29-11-4-6-20(29)24(32)27-13-19-12-18(15-33-19)22(25)26/h7-10,12,15,20H,2-6,11,13-14H2,1H3,(H3,25,26)(H,27,32)(H,28,31). The summed E-state index contributed by atoms with van der Waals surface area (Å²) in [5, 5.41) is 14.8. The van der Waals surface area contributed by atoms with Gasteiger partial charge in [0.15, 0.2) is 0 Å². The van der Waals surface area contributed by atoms with E-state index in [1.807, 2.05) is 12.1 Å². The highest BCUT2D eigenvalue weighted by Gasteiger charge is 2.33. The summed E-state index contributed by atoms with van der Waals surface area (Å²) in [6.07, 6.45) is 4.55. The molecule has 2 aromatic rings. The predicted octanol–water partition coefficient (Wildman–Crippen LogP) is 2.41. The highest BCUT2D eigenvalue weighted by Crippen LogP contribution is 2.19. The number of nitrogens with zero attached hydrogens (tertiary/aromatic N) is 1. The smallest absolute Gasteiger partial charge is 0.251 e. The number of carbonyl (C=O) groups excluding carboxylic acids is 3. The van der Waals surface area contributed by atoms with Gasteiger partial charge in [-0.1, -0.05) is 25.5 Å². The molecular weight excluding hydrogens is 438 g/mol. The number of nitrogens with one attached hydrogen (secondary N) is 3. The van der Waals surface area contributed by atoms with Crippen LogP contribution in [-0.4, -0.2) is 47.6 Å². The number of hydrogen-bond donors (Lipinski definition) is 4. The number of nitrogen functional groups attached to an aromatic ring is 1. The molecule has 0 bridgehead atoms. The van der Waals surface area contributed by atoms with E-state index in [4.69, 9.17) is 11.1 Å². The minimum absolute atomic E-state index is 0.00845. The minimum Gasteiger partial charge on any atom is -0.384 e. The van der Waals surface area contributed by atoms with Gasteiger partial charge in [0.2, 0.25) is 11.8 Å². The van der Waals surface area contributed by atoms with Crippen molar-refractivity contribution in [2.24, 2.45) is 5.73 Å². The predicted molar refractivity (Wildman–Crippen MR) is 129 cm³/mol. The van der Waals surface area contributed by atoms with E-state index in [-0.39, 0.29) is 30.1 Å². The molecule has 5 N–H and O–H groups in total. The third kappa shape index (κ3) is 6.64. The fourth-order valence-corrected chi connectivity index (χ4v) is 4.63. The Morgan fingerprint density at radius 1 is 1.18 bits per heavy atom. The number of hydrogen-bond acceptors (Lipinski definition) is 5. The average molecular weight is 470 g/mol. The number of amides is 3. The second kappa shape index (κ2) is 11.6. The number of carbonyl (C=O) groups is 3. The second-order valence-corrected chi connectivity index (χ2v) is 9.16. The minimum atomic E-state index is -0.542. The van der Waals surface area contributed by atoms with Crippen molar-refractivity contribution < 1.29 is 14.4 Å². The zero-order valence-corrected chi connectivity index (χ0v) is 19.7. The largest absolute Gasteiger partial charge is 0.384 e. The van der Waals surface area contributed by atoms with E-state index in [1.165, 1.54) is 16.9 Å². The summed E-state index contributed by atoms with van der Waals surface area (Å²) in [7, 11) is 0. The molecular formula is C24H31N5O3S. The van der Waals surface area contributed by atoms with Crippen molar-refractivity contribution >= 4 is 34.9 Å². The molecule has 1 saturated heterocycles. The van der Waals surface area contributed by atoms with Gasteiger partial charge in [0.05, 0.1) is 13.1 Å². The molecule has 3 amide bonds. The third-order valence-corrected chi connectivity index (χ3v) is 6.65. The Morgan fingerprint density at radius 3 is 2.61 bits per heavy atom. The molecule has 176 valence electrons. The van der Waals surface area contributed by atoms with Crippen LogP contribution in [0.2, 0.25) is 0 Å². The molecule has 1 fully saturated rings. The third-order valence-electron chi connectivity index (χ3n) is 5.71. The van der Waals surface area contributed by atoms with Crippen LogP contribution in [0.5, 0.6) is 0 Å². The van der Waals surface area contributed by atoms with Crippen LogP contribution in [-0.2, 0) is 22.6 Å². The van der Waals surface area contributed by atoms with E-state index >= 15 is 0 Å². The van der Waals surface area contributed by atoms with E-state index in [0.717, 1.165) is 30.6 Å². The van der Waals surface area contributed by atoms with Gasteiger partial charge in [-0.05, 0) is 49.4 Å². The van der Waals surface area contributed by atoms with Crippen LogP contribution < -0.4 is 16.4 Å². The normalized spacial score (nSPS) is 15.3. The van der Waals surface area contributed by atoms with Gasteiger partial charge in [-0.25, -0.2) is 0 Å². The highest BCUT2D eigenvalue weighted by atomic mass is 32.1. The number of benzene rings is 1. The van der Waals surface area contributed by atoms with Crippen LogP contribution in [0.3, 0.4) is 0 Å². The number of amidine groups is 1. The van der Waals surface area contributed by atoms with Gasteiger partial charge in [-0.3, -0.25) is 19.8 Å². The summed E-state index contributed by atoms with van der Waals surface area (Å²) in [6.45, 7) is 2.81. The summed E-state index contributed by atoms with van der Waals surface area (Å²) < 4.78 is 0. The molecule has 0 aliphatic carbocycles. The highest BCUT2D eigenvalue weighted by molar-refractivity contribution is 7.10. The van der Waals surface area contributed by atoms with Crippen molar-refractivity contribution in [1.82, 2.24) is 15.5 Å². The molecule has 8 nitrogen and oxygen atoms in total. The molecule has 9 heteroatoms. The Balaban J connectivity index is 1.48. The molecule has 0 spiro atoms. The first kappa shape index (κ1) is 24.4. The molecule has 0 radical (unpaired) electrons. The summed E-state index contributed by atoms with van der Waals surface area (Å²) in [5.74, 6) is -0.793. The number of nitrogens with two attached hydrogens (primary N) is 1. The van der Waals surface area contributed by atoms with Gasteiger partial charge in [-0.15, -0.1) is 11.3 Å². The molecule has 1 aromatic heterocycles. The van der Waals surface area contributed by atoms with Crippen molar-refractivity contribution in [3.8, 4) is 0 Å². The number of thiophene rings is 1. The monoisotopic (exact) mass is 469 g/mol. The first-order valence-electron chi connectivity index (χ1n) is 11.2. The summed E-state index contributed by atoms with van der Waals surface area (Å²) in [6, 6.07) is 8.68. The van der Waals surface area contributed by atoms with E-state index < -0.39 is 6.04 Å². The van der Waals surface area contributed by atoms with Crippen LogP contribution in [0.1, 0.15) is 59.0 Å². The lowest BCUT2D eigenvalue weighted by Gasteiger charge is -2.24. The molecule has 33 heavy (non-hydrogen) atoms. The maximum atomic E-state index is 12.7. The van der Waals surface area contributed by atoms with E-state index in [1.54, 1.807) is 28.5 Å². The summed E-state index contributed by atoms with van der Waals surface area (Å²) in [4.78, 5) is 40.3. The van der Waals surface area contributed by atoms with Crippen LogP contribution in [0, 0.1) is 5.41 Å². The zero-order valence-electron chi connectivity index (χ0n) is 18.9. The van der Waals surface area contributed by atoms with Gasteiger partial charge < -0.3 is 21.3 Å². The van der Waals surface area contributed by atoms with Crippen LogP contribution in [0.15, 0.2) is 35.7 Å². The average Bonchev–Trinajstić information content (AvgIpc) is 3.50. The summed E-state index contributed by atoms with van der Waals surface area (Å²) >= 11 is 1.42. The SMILES string of the molecule is CCCCc1ccc(C(=O)NCC(=O)N2CCCC2C(=O)NCc2cc(C(=N)N)cs2)cc1. The maximum Gasteiger partial charge on any atom is 0.251 e. The quantitative estimate of drug-likeness (QED) is 0.315. The zero-order chi connectivity index (χ0) is 23.8. The number of likely N-dealkylation sites (tertiary alicyclic amines) is 1. The Bertz CT molecular complexity index is 1000. The maximum absolute atomic E-state index is 12.7. The number of unbranched alkanes of at least 4 members (excludes halogenated alkanes) is 1. The van der Waals surface area contributed by atoms with E-state index in [9.17, 15) is 14.4 Å². The van der Waals surface area contributed by atoms with Crippen LogP contribution in [0.25, 0.3) is 0 Å². The van der Waals surface area contributed by atoms with Crippen LogP contribution >= 0.6 is 11.3 Å². The Hall–Kier alpha value is -3.20. The van der Waals surface area contributed by atoms with Crippen molar-refractivity contribution in [1.29, 1.82) is 5.41 Å². The van der Waals surface area contributed by atoms with Gasteiger partial charge in [0, 0.05) is 27.9 Å². The van der Waals surface area contributed by atoms with E-state index in [2.05, 4.69) is 17.6 Å². The fourth-order valence-electron chi connectivity index (χ4n) is 3.81. The fraction of sp³-hybridized carbons (Fsp3) is 0.417. The molecule has 2 heterocycles. The molecule has 1 unspecified atom stereocenters. The van der Waals surface area contributed by atoms with Crippen LogP contribution in [0.4, 0.5) is 0 Å². The number of aryl methyl sites for hydroxylation is 1.